The molecule has 1 aliphatic carbocycles. The van der Waals surface area contributed by atoms with Crippen LogP contribution in [0.25, 0.3) is 0 Å². The summed E-state index contributed by atoms with van der Waals surface area (Å²) in [6.07, 6.45) is 3.29. The third-order valence-electron chi connectivity index (χ3n) is 3.24. The molecule has 2 atom stereocenters. The highest BCUT2D eigenvalue weighted by Crippen LogP contribution is 2.37. The summed E-state index contributed by atoms with van der Waals surface area (Å²) in [4.78, 5) is 0. The molecule has 1 aromatic rings. The van der Waals surface area contributed by atoms with E-state index in [0.29, 0.717) is 17.0 Å². The van der Waals surface area contributed by atoms with Crippen LogP contribution in [0.2, 0.25) is 5.02 Å². The second-order valence-electron chi connectivity index (χ2n) is 4.16. The zero-order valence-electron chi connectivity index (χ0n) is 8.76. The molecule has 0 radical (unpaired) electrons. The van der Waals surface area contributed by atoms with E-state index in [1.807, 2.05) is 7.05 Å². The predicted molar refractivity (Wildman–Crippen MR) is 60.8 cm³/mol. The number of nitrogens with one attached hydrogen (secondary N) is 1. The minimum absolute atomic E-state index is 0.192. The Bertz CT molecular complexity index is 353. The van der Waals surface area contributed by atoms with Gasteiger partial charge in [0.2, 0.25) is 0 Å². The van der Waals surface area contributed by atoms with E-state index < -0.39 is 0 Å². The molecule has 1 saturated carbocycles. The Morgan fingerprint density at radius 1 is 1.40 bits per heavy atom. The van der Waals surface area contributed by atoms with Crippen molar-refractivity contribution in [3.05, 3.63) is 34.6 Å². The standard InChI is InChI=1S/C12H15ClFN/c1-15-10-4-2-8(6-10)11-7-9(14)3-5-12(11)13/h3,5,7-8,10,15H,2,4,6H2,1H3. The Hall–Kier alpha value is -0.600. The van der Waals surface area contributed by atoms with Crippen LogP contribution in [0, 0.1) is 5.82 Å². The molecule has 1 aliphatic rings. The smallest absolute Gasteiger partial charge is 0.123 e. The largest absolute Gasteiger partial charge is 0.317 e. The third kappa shape index (κ3) is 2.32. The van der Waals surface area contributed by atoms with Crippen molar-refractivity contribution >= 4 is 11.6 Å². The van der Waals surface area contributed by atoms with Crippen LogP contribution in [0.15, 0.2) is 18.2 Å². The summed E-state index contributed by atoms with van der Waals surface area (Å²) < 4.78 is 13.1. The van der Waals surface area contributed by atoms with Gasteiger partial charge in [-0.15, -0.1) is 0 Å². The van der Waals surface area contributed by atoms with Gasteiger partial charge in [-0.1, -0.05) is 11.6 Å². The van der Waals surface area contributed by atoms with Crippen molar-refractivity contribution in [3.63, 3.8) is 0 Å². The summed E-state index contributed by atoms with van der Waals surface area (Å²) in [6, 6.07) is 5.19. The fourth-order valence-electron chi connectivity index (χ4n) is 2.35. The lowest BCUT2D eigenvalue weighted by Gasteiger charge is -2.12. The lowest BCUT2D eigenvalue weighted by Crippen LogP contribution is -2.21. The predicted octanol–water partition coefficient (Wildman–Crippen LogP) is 3.33. The summed E-state index contributed by atoms with van der Waals surface area (Å²) in [5.74, 6) is 0.216. The zero-order valence-corrected chi connectivity index (χ0v) is 9.52. The van der Waals surface area contributed by atoms with Crippen molar-refractivity contribution in [2.75, 3.05) is 7.05 Å². The van der Waals surface area contributed by atoms with E-state index in [0.717, 1.165) is 24.8 Å². The number of rotatable bonds is 2. The van der Waals surface area contributed by atoms with E-state index in [1.54, 1.807) is 12.1 Å². The Labute approximate surface area is 94.6 Å². The maximum absolute atomic E-state index is 13.1. The SMILES string of the molecule is CNC1CCC(c2cc(F)ccc2Cl)C1. The van der Waals surface area contributed by atoms with Gasteiger partial charge in [0.25, 0.3) is 0 Å². The lowest BCUT2D eigenvalue weighted by atomic mass is 9.97. The van der Waals surface area contributed by atoms with Crippen molar-refractivity contribution in [1.29, 1.82) is 0 Å². The van der Waals surface area contributed by atoms with Gasteiger partial charge in [-0.2, -0.15) is 0 Å². The van der Waals surface area contributed by atoms with E-state index >= 15 is 0 Å². The molecule has 0 saturated heterocycles. The average Bonchev–Trinajstić information content (AvgIpc) is 2.70. The molecule has 1 N–H and O–H groups in total. The summed E-state index contributed by atoms with van der Waals surface area (Å²) in [6.45, 7) is 0. The molecular weight excluding hydrogens is 213 g/mol. The van der Waals surface area contributed by atoms with Crippen LogP contribution in [0.4, 0.5) is 4.39 Å². The van der Waals surface area contributed by atoms with Crippen molar-refractivity contribution in [1.82, 2.24) is 5.32 Å². The summed E-state index contributed by atoms with van der Waals surface area (Å²) in [7, 11) is 1.97. The Balaban J connectivity index is 2.19. The third-order valence-corrected chi connectivity index (χ3v) is 3.58. The van der Waals surface area contributed by atoms with Crippen molar-refractivity contribution in [2.24, 2.45) is 0 Å². The lowest BCUT2D eigenvalue weighted by molar-refractivity contribution is 0.570. The highest BCUT2D eigenvalue weighted by Gasteiger charge is 2.26. The minimum atomic E-state index is -0.192. The molecule has 0 spiro atoms. The molecule has 1 aromatic carbocycles. The van der Waals surface area contributed by atoms with Crippen molar-refractivity contribution in [2.45, 2.75) is 31.2 Å². The Kier molecular flexibility index (Phi) is 3.27. The van der Waals surface area contributed by atoms with Gasteiger partial charge in [-0.05, 0) is 56.0 Å². The summed E-state index contributed by atoms with van der Waals surface area (Å²) in [5, 5.41) is 3.95. The zero-order chi connectivity index (χ0) is 10.8. The second-order valence-corrected chi connectivity index (χ2v) is 4.57. The monoisotopic (exact) mass is 227 g/mol. The number of benzene rings is 1. The van der Waals surface area contributed by atoms with Crippen LogP contribution in [-0.4, -0.2) is 13.1 Å². The first-order valence-corrected chi connectivity index (χ1v) is 5.70. The van der Waals surface area contributed by atoms with Gasteiger partial charge in [0.1, 0.15) is 5.82 Å². The van der Waals surface area contributed by atoms with Crippen LogP contribution < -0.4 is 5.32 Å². The maximum atomic E-state index is 13.1. The molecule has 0 amide bonds. The van der Waals surface area contributed by atoms with Crippen molar-refractivity contribution in [3.8, 4) is 0 Å². The molecule has 15 heavy (non-hydrogen) atoms. The van der Waals surface area contributed by atoms with E-state index in [4.69, 9.17) is 11.6 Å². The Morgan fingerprint density at radius 3 is 2.87 bits per heavy atom. The van der Waals surface area contributed by atoms with Gasteiger partial charge in [-0.3, -0.25) is 0 Å². The second kappa shape index (κ2) is 4.50. The van der Waals surface area contributed by atoms with Crippen LogP contribution in [-0.2, 0) is 0 Å². The fourth-order valence-corrected chi connectivity index (χ4v) is 2.63. The quantitative estimate of drug-likeness (QED) is 0.817. The molecule has 3 heteroatoms. The first-order valence-electron chi connectivity index (χ1n) is 5.33. The van der Waals surface area contributed by atoms with Crippen LogP contribution in [0.1, 0.15) is 30.7 Å². The average molecular weight is 228 g/mol. The maximum Gasteiger partial charge on any atom is 0.123 e. The molecule has 2 unspecified atom stereocenters. The highest BCUT2D eigenvalue weighted by molar-refractivity contribution is 6.31. The van der Waals surface area contributed by atoms with E-state index in [2.05, 4.69) is 5.32 Å². The van der Waals surface area contributed by atoms with Crippen molar-refractivity contribution < 1.29 is 4.39 Å². The molecule has 2 rings (SSSR count). The fraction of sp³-hybridized carbons (Fsp3) is 0.500. The topological polar surface area (TPSA) is 12.0 Å². The number of halogens is 2. The van der Waals surface area contributed by atoms with Gasteiger partial charge < -0.3 is 5.32 Å². The Morgan fingerprint density at radius 2 is 2.20 bits per heavy atom. The molecule has 0 heterocycles. The van der Waals surface area contributed by atoms with Crippen LogP contribution in [0.3, 0.4) is 0 Å². The number of hydrogen-bond acceptors (Lipinski definition) is 1. The van der Waals surface area contributed by atoms with Gasteiger partial charge in [0.15, 0.2) is 0 Å². The summed E-state index contributed by atoms with van der Waals surface area (Å²) >= 11 is 6.08. The molecule has 1 fully saturated rings. The molecule has 0 aromatic heterocycles. The van der Waals surface area contributed by atoms with Gasteiger partial charge in [0.05, 0.1) is 0 Å². The molecular formula is C12H15ClFN. The van der Waals surface area contributed by atoms with Crippen LogP contribution >= 0.6 is 11.6 Å². The van der Waals surface area contributed by atoms with Gasteiger partial charge >= 0.3 is 0 Å². The molecule has 0 aliphatic heterocycles. The first kappa shape index (κ1) is 10.9. The summed E-state index contributed by atoms with van der Waals surface area (Å²) in [5.41, 5.74) is 0.967. The van der Waals surface area contributed by atoms with E-state index in [-0.39, 0.29) is 5.82 Å². The normalized spacial score (nSPS) is 25.8. The van der Waals surface area contributed by atoms with E-state index in [9.17, 15) is 4.39 Å². The highest BCUT2D eigenvalue weighted by atomic mass is 35.5. The van der Waals surface area contributed by atoms with Gasteiger partial charge in [-0.25, -0.2) is 4.39 Å². The van der Waals surface area contributed by atoms with Gasteiger partial charge in [0, 0.05) is 11.1 Å². The molecule has 82 valence electrons. The molecule has 1 nitrogen and oxygen atoms in total. The number of hydrogen-bond donors (Lipinski definition) is 1. The van der Waals surface area contributed by atoms with Crippen LogP contribution in [0.5, 0.6) is 0 Å². The molecule has 0 bridgehead atoms. The minimum Gasteiger partial charge on any atom is -0.317 e. The van der Waals surface area contributed by atoms with E-state index in [1.165, 1.54) is 6.07 Å². The first-order chi connectivity index (χ1) is 7.20.